The number of pyridine rings is 1. The maximum atomic E-state index is 10.8. The van der Waals surface area contributed by atoms with E-state index in [4.69, 9.17) is 5.11 Å². The van der Waals surface area contributed by atoms with Crippen LogP contribution in [0.3, 0.4) is 0 Å². The van der Waals surface area contributed by atoms with Gasteiger partial charge in [0.25, 0.3) is 0 Å². The molecule has 3 heterocycles. The number of aromatic carboxylic acids is 1. The Morgan fingerprint density at radius 2 is 2.24 bits per heavy atom. The first kappa shape index (κ1) is 9.67. The van der Waals surface area contributed by atoms with Crippen molar-refractivity contribution in [1.29, 1.82) is 0 Å². The van der Waals surface area contributed by atoms with Crippen molar-refractivity contribution >= 4 is 17.3 Å². The summed E-state index contributed by atoms with van der Waals surface area (Å²) in [5.41, 5.74) is 7.21. The highest BCUT2D eigenvalue weighted by Gasteiger charge is 2.11. The number of imidazole rings is 1. The molecule has 0 aromatic carbocycles. The predicted octanol–water partition coefficient (Wildman–Crippen LogP) is 0.333. The van der Waals surface area contributed by atoms with Crippen LogP contribution < -0.4 is 16.0 Å². The van der Waals surface area contributed by atoms with Crippen LogP contribution in [0.15, 0.2) is 36.9 Å². The van der Waals surface area contributed by atoms with Crippen LogP contribution in [-0.2, 0) is 0 Å². The largest absolute Gasteiger partial charge is 0.476 e. The Balaban J connectivity index is 2.06. The van der Waals surface area contributed by atoms with Gasteiger partial charge in [-0.1, -0.05) is 0 Å². The topological polar surface area (TPSA) is 81.9 Å². The average molecular weight is 231 g/mol. The molecule has 0 amide bonds. The van der Waals surface area contributed by atoms with Crippen molar-refractivity contribution in [3.8, 4) is 0 Å². The first-order valence-electron chi connectivity index (χ1n) is 4.93. The highest BCUT2D eigenvalue weighted by Crippen LogP contribution is 2.16. The molecule has 2 aromatic heterocycles. The summed E-state index contributed by atoms with van der Waals surface area (Å²) in [4.78, 5) is 14.8. The average Bonchev–Trinajstić information content (AvgIpc) is 2.97. The summed E-state index contributed by atoms with van der Waals surface area (Å²) >= 11 is 0. The first-order chi connectivity index (χ1) is 8.24. The quantitative estimate of drug-likeness (QED) is 0.691. The molecule has 1 aliphatic heterocycles. The zero-order chi connectivity index (χ0) is 11.8. The number of carbonyl (C=O) groups is 1. The fourth-order valence-electron chi connectivity index (χ4n) is 1.63. The third kappa shape index (κ3) is 1.58. The van der Waals surface area contributed by atoms with Crippen LogP contribution in [-0.4, -0.2) is 20.5 Å². The number of fused-ring (bicyclic) bond motifs is 1. The van der Waals surface area contributed by atoms with Crippen LogP contribution in [0.4, 0.5) is 5.69 Å². The molecule has 2 aromatic rings. The summed E-state index contributed by atoms with van der Waals surface area (Å²) in [7, 11) is 0. The summed E-state index contributed by atoms with van der Waals surface area (Å²) in [5, 5.41) is 10.6. The number of nitrogens with zero attached hydrogens (tertiary/aromatic N) is 3. The first-order valence-corrected chi connectivity index (χ1v) is 4.93. The number of nitrogens with one attached hydrogen (secondary N) is 2. The second-order valence-electron chi connectivity index (χ2n) is 3.53. The molecule has 7 nitrogen and oxygen atoms in total. The van der Waals surface area contributed by atoms with Crippen LogP contribution >= 0.6 is 0 Å². The van der Waals surface area contributed by atoms with Crippen LogP contribution in [0.5, 0.6) is 0 Å². The van der Waals surface area contributed by atoms with Gasteiger partial charge in [-0.2, -0.15) is 0 Å². The summed E-state index contributed by atoms with van der Waals surface area (Å²) in [6.07, 6.45) is 6.84. The lowest BCUT2D eigenvalue weighted by Gasteiger charge is -2.15. The van der Waals surface area contributed by atoms with Crippen LogP contribution in [0.25, 0.3) is 5.65 Å². The molecule has 0 unspecified atom stereocenters. The van der Waals surface area contributed by atoms with Crippen LogP contribution in [0, 0.1) is 0 Å². The van der Waals surface area contributed by atoms with Crippen molar-refractivity contribution in [2.45, 2.75) is 0 Å². The van der Waals surface area contributed by atoms with Crippen LogP contribution in [0.2, 0.25) is 0 Å². The van der Waals surface area contributed by atoms with Crippen molar-refractivity contribution < 1.29 is 9.90 Å². The highest BCUT2D eigenvalue weighted by atomic mass is 16.4. The van der Waals surface area contributed by atoms with E-state index in [1.807, 2.05) is 12.3 Å². The summed E-state index contributed by atoms with van der Waals surface area (Å²) < 4.78 is 1.67. The molecular weight excluding hydrogens is 222 g/mol. The SMILES string of the molecule is O=C(O)c1cn2cc(N3C=CNN3)ccc2n1. The van der Waals surface area contributed by atoms with Crippen molar-refractivity contribution in [2.75, 3.05) is 5.01 Å². The number of hydrogen-bond donors (Lipinski definition) is 3. The molecule has 0 saturated carbocycles. The second kappa shape index (κ2) is 3.49. The van der Waals surface area contributed by atoms with E-state index in [1.54, 1.807) is 27.9 Å². The highest BCUT2D eigenvalue weighted by molar-refractivity contribution is 5.86. The number of rotatable bonds is 2. The van der Waals surface area contributed by atoms with Crippen molar-refractivity contribution in [3.63, 3.8) is 0 Å². The Hall–Kier alpha value is -2.54. The molecule has 86 valence electrons. The van der Waals surface area contributed by atoms with Crippen molar-refractivity contribution in [2.24, 2.45) is 0 Å². The minimum absolute atomic E-state index is 0.0326. The van der Waals surface area contributed by atoms with Crippen molar-refractivity contribution in [1.82, 2.24) is 20.3 Å². The van der Waals surface area contributed by atoms with Gasteiger partial charge >= 0.3 is 5.97 Å². The predicted molar refractivity (Wildman–Crippen MR) is 60.0 cm³/mol. The van der Waals surface area contributed by atoms with E-state index in [2.05, 4.69) is 15.9 Å². The zero-order valence-electron chi connectivity index (χ0n) is 8.66. The van der Waals surface area contributed by atoms with E-state index in [-0.39, 0.29) is 5.69 Å². The zero-order valence-corrected chi connectivity index (χ0v) is 8.66. The van der Waals surface area contributed by atoms with Gasteiger partial charge in [-0.05, 0) is 12.1 Å². The minimum Gasteiger partial charge on any atom is -0.476 e. The lowest BCUT2D eigenvalue weighted by atomic mass is 10.4. The molecule has 3 rings (SSSR count). The third-order valence-electron chi connectivity index (χ3n) is 2.42. The molecule has 0 atom stereocenters. The number of carboxylic acids is 1. The van der Waals surface area contributed by atoms with E-state index in [9.17, 15) is 4.79 Å². The maximum absolute atomic E-state index is 10.8. The summed E-state index contributed by atoms with van der Waals surface area (Å²) in [6.45, 7) is 0. The Morgan fingerprint density at radius 1 is 1.35 bits per heavy atom. The minimum atomic E-state index is -1.03. The number of carboxylic acid groups (broad SMARTS) is 1. The standard InChI is InChI=1S/C10H9N5O2/c16-10(17)8-6-14-5-7(1-2-9(14)12-8)15-4-3-11-13-15/h1-6,11,13H,(H,16,17). The van der Waals surface area contributed by atoms with Gasteiger partial charge in [0.15, 0.2) is 5.69 Å². The molecule has 3 N–H and O–H groups in total. The van der Waals surface area contributed by atoms with Gasteiger partial charge in [-0.25, -0.2) is 9.78 Å². The number of hydrazine groups is 2. The Morgan fingerprint density at radius 3 is 2.94 bits per heavy atom. The molecule has 7 heteroatoms. The molecule has 0 fully saturated rings. The molecule has 0 saturated heterocycles. The third-order valence-corrected chi connectivity index (χ3v) is 2.42. The van der Waals surface area contributed by atoms with Gasteiger partial charge < -0.3 is 14.9 Å². The second-order valence-corrected chi connectivity index (χ2v) is 3.53. The molecule has 1 aliphatic rings. The number of anilines is 1. The molecule has 0 aliphatic carbocycles. The smallest absolute Gasteiger partial charge is 0.356 e. The van der Waals surface area contributed by atoms with Gasteiger partial charge in [-0.15, -0.1) is 5.53 Å². The molecule has 0 spiro atoms. The van der Waals surface area contributed by atoms with E-state index < -0.39 is 5.97 Å². The van der Waals surface area contributed by atoms with E-state index >= 15 is 0 Å². The fourth-order valence-corrected chi connectivity index (χ4v) is 1.63. The summed E-state index contributed by atoms with van der Waals surface area (Å²) in [5.74, 6) is -1.03. The summed E-state index contributed by atoms with van der Waals surface area (Å²) in [6, 6.07) is 3.61. The Bertz CT molecular complexity index is 618. The van der Waals surface area contributed by atoms with E-state index in [0.717, 1.165) is 5.69 Å². The van der Waals surface area contributed by atoms with Gasteiger partial charge in [0.05, 0.1) is 5.69 Å². The Kier molecular flexibility index (Phi) is 1.99. The van der Waals surface area contributed by atoms with Gasteiger partial charge in [0.1, 0.15) is 5.65 Å². The number of hydrogen-bond acceptors (Lipinski definition) is 5. The number of aromatic nitrogens is 2. The normalized spacial score (nSPS) is 14.2. The molecule has 0 radical (unpaired) electrons. The van der Waals surface area contributed by atoms with Crippen LogP contribution in [0.1, 0.15) is 10.5 Å². The molecule has 0 bridgehead atoms. The molecular formula is C10H9N5O2. The van der Waals surface area contributed by atoms with Gasteiger partial charge in [-0.3, -0.25) is 5.01 Å². The monoisotopic (exact) mass is 231 g/mol. The lowest BCUT2D eigenvalue weighted by molar-refractivity contribution is 0.0691. The maximum Gasteiger partial charge on any atom is 0.356 e. The van der Waals surface area contributed by atoms with Crippen molar-refractivity contribution in [3.05, 3.63) is 42.6 Å². The van der Waals surface area contributed by atoms with Gasteiger partial charge in [0, 0.05) is 24.8 Å². The van der Waals surface area contributed by atoms with Gasteiger partial charge in [0.2, 0.25) is 0 Å². The lowest BCUT2D eigenvalue weighted by Crippen LogP contribution is -2.35. The fraction of sp³-hybridized carbons (Fsp3) is 0. The van der Waals surface area contributed by atoms with E-state index in [0.29, 0.717) is 5.65 Å². The van der Waals surface area contributed by atoms with E-state index in [1.165, 1.54) is 6.20 Å². The Labute approximate surface area is 95.9 Å². The molecule has 17 heavy (non-hydrogen) atoms.